The first-order valence-corrected chi connectivity index (χ1v) is 3.90. The molecule has 0 unspecified atom stereocenters. The van der Waals surface area contributed by atoms with Crippen molar-refractivity contribution in [3.63, 3.8) is 0 Å². The van der Waals surface area contributed by atoms with Crippen molar-refractivity contribution in [3.05, 3.63) is 0 Å². The molecule has 0 radical (unpaired) electrons. The summed E-state index contributed by atoms with van der Waals surface area (Å²) in [5.74, 6) is 0.0593. The molecule has 0 aromatic carbocycles. The number of amides is 1. The molecule has 64 valence electrons. The Bertz CT molecular complexity index is 149. The van der Waals surface area contributed by atoms with Gasteiger partial charge in [-0.15, -0.1) is 0 Å². The highest BCUT2D eigenvalue weighted by molar-refractivity contribution is 5.76. The van der Waals surface area contributed by atoms with Crippen LogP contribution in [0.15, 0.2) is 0 Å². The van der Waals surface area contributed by atoms with Crippen molar-refractivity contribution in [1.82, 2.24) is 4.90 Å². The monoisotopic (exact) mass is 158 g/mol. The number of aliphatic hydroxyl groups is 1. The quantitative estimate of drug-likeness (QED) is 0.537. The molecule has 1 saturated heterocycles. The van der Waals surface area contributed by atoms with E-state index in [2.05, 4.69) is 0 Å². The van der Waals surface area contributed by atoms with Crippen LogP contribution in [0.3, 0.4) is 0 Å². The fourth-order valence-electron chi connectivity index (χ4n) is 1.25. The van der Waals surface area contributed by atoms with E-state index in [1.807, 2.05) is 0 Å². The second-order valence-corrected chi connectivity index (χ2v) is 2.82. The second kappa shape index (κ2) is 3.69. The minimum atomic E-state index is -0.322. The van der Waals surface area contributed by atoms with Crippen molar-refractivity contribution < 1.29 is 9.90 Å². The molecule has 11 heavy (non-hydrogen) atoms. The molecule has 1 heterocycles. The number of nitrogens with two attached hydrogens (primary N) is 1. The Morgan fingerprint density at radius 1 is 1.73 bits per heavy atom. The van der Waals surface area contributed by atoms with E-state index in [-0.39, 0.29) is 12.0 Å². The molecule has 0 aromatic heterocycles. The lowest BCUT2D eigenvalue weighted by Gasteiger charge is -2.14. The van der Waals surface area contributed by atoms with E-state index in [1.165, 1.54) is 0 Å². The zero-order chi connectivity index (χ0) is 8.27. The summed E-state index contributed by atoms with van der Waals surface area (Å²) >= 11 is 0. The summed E-state index contributed by atoms with van der Waals surface area (Å²) in [5, 5.41) is 9.09. The Kier molecular flexibility index (Phi) is 2.84. The molecule has 0 aromatic rings. The van der Waals surface area contributed by atoms with Crippen molar-refractivity contribution in [2.45, 2.75) is 18.9 Å². The van der Waals surface area contributed by atoms with Crippen LogP contribution in [0.5, 0.6) is 0 Å². The molecular weight excluding hydrogens is 144 g/mol. The van der Waals surface area contributed by atoms with Gasteiger partial charge in [0.1, 0.15) is 0 Å². The van der Waals surface area contributed by atoms with Gasteiger partial charge in [0.15, 0.2) is 0 Å². The van der Waals surface area contributed by atoms with Crippen LogP contribution in [0.2, 0.25) is 0 Å². The van der Waals surface area contributed by atoms with E-state index in [4.69, 9.17) is 10.8 Å². The van der Waals surface area contributed by atoms with Crippen LogP contribution in [0, 0.1) is 0 Å². The smallest absolute Gasteiger partial charge is 0.223 e. The molecule has 0 spiro atoms. The topological polar surface area (TPSA) is 66.6 Å². The lowest BCUT2D eigenvalue weighted by atomic mass is 10.3. The first-order chi connectivity index (χ1) is 5.24. The normalized spacial score (nSPS) is 24.2. The van der Waals surface area contributed by atoms with Crippen LogP contribution in [-0.4, -0.2) is 41.7 Å². The van der Waals surface area contributed by atoms with E-state index in [0.29, 0.717) is 32.5 Å². The Labute approximate surface area is 66.0 Å². The minimum absolute atomic E-state index is 0.0593. The van der Waals surface area contributed by atoms with E-state index in [0.717, 1.165) is 0 Å². The summed E-state index contributed by atoms with van der Waals surface area (Å²) in [6.45, 7) is 1.56. The van der Waals surface area contributed by atoms with Crippen LogP contribution in [0.25, 0.3) is 0 Å². The average Bonchev–Trinajstić information content (AvgIpc) is 2.36. The third-order valence-corrected chi connectivity index (χ3v) is 1.87. The fourth-order valence-corrected chi connectivity index (χ4v) is 1.25. The van der Waals surface area contributed by atoms with E-state index >= 15 is 0 Å². The number of hydrogen-bond acceptors (Lipinski definition) is 3. The molecule has 1 amide bonds. The maximum absolute atomic E-state index is 11.1. The third-order valence-electron chi connectivity index (χ3n) is 1.87. The van der Waals surface area contributed by atoms with Gasteiger partial charge in [-0.2, -0.15) is 0 Å². The molecule has 0 bridgehead atoms. The maximum atomic E-state index is 11.1. The molecule has 3 N–H and O–H groups in total. The van der Waals surface area contributed by atoms with E-state index in [9.17, 15) is 4.79 Å². The van der Waals surface area contributed by atoms with Crippen molar-refractivity contribution >= 4 is 5.91 Å². The summed E-state index contributed by atoms with van der Waals surface area (Å²) in [4.78, 5) is 12.8. The average molecular weight is 158 g/mol. The van der Waals surface area contributed by atoms with Crippen molar-refractivity contribution in [1.29, 1.82) is 0 Å². The minimum Gasteiger partial charge on any atom is -0.391 e. The van der Waals surface area contributed by atoms with E-state index < -0.39 is 0 Å². The first kappa shape index (κ1) is 8.49. The lowest BCUT2D eigenvalue weighted by molar-refractivity contribution is -0.130. The Morgan fingerprint density at radius 3 is 2.91 bits per heavy atom. The predicted octanol–water partition coefficient (Wildman–Crippen LogP) is -1.07. The van der Waals surface area contributed by atoms with Gasteiger partial charge in [0.2, 0.25) is 5.91 Å². The highest BCUT2D eigenvalue weighted by atomic mass is 16.3. The number of rotatable bonds is 2. The molecule has 1 fully saturated rings. The van der Waals surface area contributed by atoms with Crippen LogP contribution in [-0.2, 0) is 4.79 Å². The van der Waals surface area contributed by atoms with Gasteiger partial charge in [0.25, 0.3) is 0 Å². The van der Waals surface area contributed by atoms with Gasteiger partial charge in [-0.1, -0.05) is 0 Å². The molecule has 1 aliphatic heterocycles. The maximum Gasteiger partial charge on any atom is 0.223 e. The number of hydrogen-bond donors (Lipinski definition) is 2. The van der Waals surface area contributed by atoms with Crippen LogP contribution >= 0.6 is 0 Å². The van der Waals surface area contributed by atoms with Crippen LogP contribution in [0.1, 0.15) is 12.8 Å². The van der Waals surface area contributed by atoms with Gasteiger partial charge in [-0.3, -0.25) is 4.79 Å². The zero-order valence-electron chi connectivity index (χ0n) is 6.49. The van der Waals surface area contributed by atoms with Gasteiger partial charge in [0.05, 0.1) is 6.10 Å². The SMILES string of the molecule is NCCC(=O)N1CC[C@H](O)C1. The zero-order valence-corrected chi connectivity index (χ0v) is 6.49. The lowest BCUT2D eigenvalue weighted by Crippen LogP contribution is -2.30. The summed E-state index contributed by atoms with van der Waals surface area (Å²) in [6, 6.07) is 0. The molecule has 0 saturated carbocycles. The summed E-state index contributed by atoms with van der Waals surface area (Å²) in [7, 11) is 0. The van der Waals surface area contributed by atoms with Gasteiger partial charge >= 0.3 is 0 Å². The van der Waals surface area contributed by atoms with Crippen LogP contribution < -0.4 is 5.73 Å². The van der Waals surface area contributed by atoms with Crippen molar-refractivity contribution in [2.24, 2.45) is 5.73 Å². The number of β-amino-alcohol motifs (C(OH)–C–C–N with tert-alkyl or cyclic N) is 1. The molecule has 1 aliphatic rings. The Balaban J connectivity index is 2.31. The molecule has 4 heteroatoms. The van der Waals surface area contributed by atoms with Gasteiger partial charge in [-0.05, 0) is 6.42 Å². The van der Waals surface area contributed by atoms with Crippen LogP contribution in [0.4, 0.5) is 0 Å². The summed E-state index contributed by atoms with van der Waals surface area (Å²) in [5.41, 5.74) is 5.22. The summed E-state index contributed by atoms with van der Waals surface area (Å²) < 4.78 is 0. The third kappa shape index (κ3) is 2.17. The number of carbonyl (C=O) groups is 1. The number of carbonyl (C=O) groups excluding carboxylic acids is 1. The predicted molar refractivity (Wildman–Crippen MR) is 40.9 cm³/mol. The molecule has 1 rings (SSSR count). The number of likely N-dealkylation sites (tertiary alicyclic amines) is 1. The molecular formula is C7H14N2O2. The number of nitrogens with zero attached hydrogens (tertiary/aromatic N) is 1. The second-order valence-electron chi connectivity index (χ2n) is 2.82. The number of aliphatic hydroxyl groups excluding tert-OH is 1. The van der Waals surface area contributed by atoms with Gasteiger partial charge < -0.3 is 15.7 Å². The summed E-state index contributed by atoms with van der Waals surface area (Å²) in [6.07, 6.45) is 0.778. The first-order valence-electron chi connectivity index (χ1n) is 3.90. The fraction of sp³-hybridized carbons (Fsp3) is 0.857. The highest BCUT2D eigenvalue weighted by Crippen LogP contribution is 2.09. The van der Waals surface area contributed by atoms with Gasteiger partial charge in [0, 0.05) is 26.1 Å². The molecule has 0 aliphatic carbocycles. The van der Waals surface area contributed by atoms with E-state index in [1.54, 1.807) is 4.90 Å². The van der Waals surface area contributed by atoms with Gasteiger partial charge in [-0.25, -0.2) is 0 Å². The Morgan fingerprint density at radius 2 is 2.45 bits per heavy atom. The highest BCUT2D eigenvalue weighted by Gasteiger charge is 2.23. The van der Waals surface area contributed by atoms with Crippen molar-refractivity contribution in [3.8, 4) is 0 Å². The Hall–Kier alpha value is -0.610. The standard InChI is InChI=1S/C7H14N2O2/c8-3-1-7(11)9-4-2-6(10)5-9/h6,10H,1-5,8H2/t6-/m0/s1. The van der Waals surface area contributed by atoms with Crippen molar-refractivity contribution in [2.75, 3.05) is 19.6 Å². The molecule has 4 nitrogen and oxygen atoms in total. The largest absolute Gasteiger partial charge is 0.391 e. The molecule has 1 atom stereocenters.